The molecule has 0 spiro atoms. The van der Waals surface area contributed by atoms with E-state index in [1.54, 1.807) is 0 Å². The van der Waals surface area contributed by atoms with Crippen LogP contribution in [0.25, 0.3) is 0 Å². The minimum atomic E-state index is -0.981. The number of carboxylic acids is 1. The molecule has 3 N–H and O–H groups in total. The first-order valence-corrected chi connectivity index (χ1v) is 5.08. The van der Waals surface area contributed by atoms with Crippen LogP contribution in [0, 0.1) is 13.8 Å². The quantitative estimate of drug-likeness (QED) is 0.685. The Morgan fingerprint density at radius 3 is 1.59 bits per heavy atom. The van der Waals surface area contributed by atoms with Crippen LogP contribution in [0.15, 0.2) is 36.9 Å². The van der Waals surface area contributed by atoms with Crippen LogP contribution in [0.3, 0.4) is 0 Å². The number of carboxylic acid groups (broad SMARTS) is 1. The van der Waals surface area contributed by atoms with E-state index in [-0.39, 0.29) is 13.2 Å². The summed E-state index contributed by atoms with van der Waals surface area (Å²) in [6.45, 7) is 6.95. The summed E-state index contributed by atoms with van der Waals surface area (Å²) >= 11 is 0. The zero-order valence-electron chi connectivity index (χ0n) is 10.3. The molecule has 17 heavy (non-hydrogen) atoms. The average molecular weight is 240 g/mol. The second kappa shape index (κ2) is 12.4. The van der Waals surface area contributed by atoms with Crippen molar-refractivity contribution in [2.45, 2.75) is 13.8 Å². The standard InChI is InChI=1S/C8H10.C3H4O2.C2H6O2/c1-7-5-3-4-6-8(7)2;1-2-3(4)5;3-1-2-4/h3-6H,1-2H3;2H,1H2,(H,4,5);3-4H,1-2H2. The lowest BCUT2D eigenvalue weighted by atomic mass is 10.1. The Kier molecular flexibility index (Phi) is 13.0. The molecule has 0 atom stereocenters. The molecule has 1 aromatic carbocycles. The van der Waals surface area contributed by atoms with E-state index in [0.29, 0.717) is 0 Å². The molecule has 0 saturated heterocycles. The van der Waals surface area contributed by atoms with Crippen LogP contribution in [0.1, 0.15) is 11.1 Å². The highest BCUT2D eigenvalue weighted by molar-refractivity contribution is 5.78. The Labute approximate surface area is 102 Å². The predicted octanol–water partition coefficient (Wildman–Crippen LogP) is 1.53. The van der Waals surface area contributed by atoms with Crippen LogP contribution in [-0.2, 0) is 4.79 Å². The molecule has 0 amide bonds. The zero-order chi connectivity index (χ0) is 13.7. The third kappa shape index (κ3) is 14.4. The maximum Gasteiger partial charge on any atom is 0.327 e. The monoisotopic (exact) mass is 240 g/mol. The van der Waals surface area contributed by atoms with Gasteiger partial charge in [0.05, 0.1) is 13.2 Å². The summed E-state index contributed by atoms with van der Waals surface area (Å²) in [5, 5.41) is 22.9. The van der Waals surface area contributed by atoms with E-state index in [2.05, 4.69) is 44.7 Å². The van der Waals surface area contributed by atoms with Gasteiger partial charge in [0.2, 0.25) is 0 Å². The Hall–Kier alpha value is -1.65. The van der Waals surface area contributed by atoms with E-state index in [9.17, 15) is 4.79 Å². The predicted molar refractivity (Wildman–Crippen MR) is 67.9 cm³/mol. The third-order valence-electron chi connectivity index (χ3n) is 1.70. The Balaban J connectivity index is 0. The summed E-state index contributed by atoms with van der Waals surface area (Å²) in [5.74, 6) is -0.981. The summed E-state index contributed by atoms with van der Waals surface area (Å²) in [6, 6.07) is 8.36. The Morgan fingerprint density at radius 1 is 1.18 bits per heavy atom. The molecule has 0 aromatic heterocycles. The normalized spacial score (nSPS) is 8.00. The number of benzene rings is 1. The van der Waals surface area contributed by atoms with Gasteiger partial charge in [0.15, 0.2) is 0 Å². The van der Waals surface area contributed by atoms with Gasteiger partial charge in [-0.3, -0.25) is 0 Å². The summed E-state index contributed by atoms with van der Waals surface area (Å²) in [5.41, 5.74) is 2.74. The first-order valence-electron chi connectivity index (χ1n) is 5.08. The molecule has 0 radical (unpaired) electrons. The molecule has 0 saturated carbocycles. The van der Waals surface area contributed by atoms with E-state index in [4.69, 9.17) is 15.3 Å². The number of aliphatic hydroxyl groups excluding tert-OH is 2. The summed E-state index contributed by atoms with van der Waals surface area (Å²) in [6.07, 6.45) is 0.833. The van der Waals surface area contributed by atoms with Gasteiger partial charge in [-0.2, -0.15) is 0 Å². The number of aryl methyl sites for hydroxylation is 2. The second-order valence-corrected chi connectivity index (χ2v) is 3.07. The molecule has 4 nitrogen and oxygen atoms in total. The lowest BCUT2D eigenvalue weighted by molar-refractivity contribution is -0.131. The maximum atomic E-state index is 9.25. The van der Waals surface area contributed by atoms with Crippen LogP contribution in [0.5, 0.6) is 0 Å². The lowest BCUT2D eigenvalue weighted by Crippen LogP contribution is -1.85. The smallest absolute Gasteiger partial charge is 0.327 e. The van der Waals surface area contributed by atoms with Crippen molar-refractivity contribution in [3.05, 3.63) is 48.0 Å². The van der Waals surface area contributed by atoms with E-state index < -0.39 is 5.97 Å². The van der Waals surface area contributed by atoms with Crippen molar-refractivity contribution >= 4 is 5.97 Å². The van der Waals surface area contributed by atoms with E-state index >= 15 is 0 Å². The largest absolute Gasteiger partial charge is 0.478 e. The fourth-order valence-corrected chi connectivity index (χ4v) is 0.663. The molecule has 0 heterocycles. The SMILES string of the molecule is C=CC(=O)O.Cc1ccccc1C.OCCO. The van der Waals surface area contributed by atoms with Gasteiger partial charge in [-0.05, 0) is 25.0 Å². The van der Waals surface area contributed by atoms with E-state index in [1.807, 2.05) is 0 Å². The topological polar surface area (TPSA) is 77.8 Å². The molecular weight excluding hydrogens is 220 g/mol. The number of rotatable bonds is 2. The summed E-state index contributed by atoms with van der Waals surface area (Å²) < 4.78 is 0. The molecule has 0 unspecified atom stereocenters. The Morgan fingerprint density at radius 2 is 1.47 bits per heavy atom. The molecule has 0 aliphatic heterocycles. The fourth-order valence-electron chi connectivity index (χ4n) is 0.663. The van der Waals surface area contributed by atoms with Crippen LogP contribution < -0.4 is 0 Å². The van der Waals surface area contributed by atoms with E-state index in [0.717, 1.165) is 6.08 Å². The number of hydrogen-bond acceptors (Lipinski definition) is 3. The molecule has 0 aliphatic rings. The van der Waals surface area contributed by atoms with Crippen LogP contribution in [-0.4, -0.2) is 34.5 Å². The number of aliphatic hydroxyl groups is 2. The first kappa shape index (κ1) is 17.7. The van der Waals surface area contributed by atoms with Crippen molar-refractivity contribution in [1.82, 2.24) is 0 Å². The maximum absolute atomic E-state index is 9.25. The highest BCUT2D eigenvalue weighted by Gasteiger charge is 1.83. The molecule has 4 heteroatoms. The highest BCUT2D eigenvalue weighted by Crippen LogP contribution is 2.02. The third-order valence-corrected chi connectivity index (χ3v) is 1.70. The van der Waals surface area contributed by atoms with Crippen molar-refractivity contribution < 1.29 is 20.1 Å². The zero-order valence-corrected chi connectivity index (χ0v) is 10.3. The number of hydrogen-bond donors (Lipinski definition) is 3. The molecule has 0 fully saturated rings. The van der Waals surface area contributed by atoms with Gasteiger partial charge in [0.1, 0.15) is 0 Å². The average Bonchev–Trinajstić information content (AvgIpc) is 2.34. The van der Waals surface area contributed by atoms with Gasteiger partial charge in [0, 0.05) is 6.08 Å². The van der Waals surface area contributed by atoms with E-state index in [1.165, 1.54) is 11.1 Å². The minimum Gasteiger partial charge on any atom is -0.478 e. The van der Waals surface area contributed by atoms with Gasteiger partial charge < -0.3 is 15.3 Å². The van der Waals surface area contributed by atoms with Crippen molar-refractivity contribution in [1.29, 1.82) is 0 Å². The molecule has 0 aliphatic carbocycles. The molecule has 1 rings (SSSR count). The Bertz CT molecular complexity index is 298. The molecule has 0 bridgehead atoms. The van der Waals surface area contributed by atoms with Crippen molar-refractivity contribution in [2.24, 2.45) is 0 Å². The molecule has 1 aromatic rings. The first-order chi connectivity index (χ1) is 7.99. The lowest BCUT2D eigenvalue weighted by Gasteiger charge is -1.93. The summed E-state index contributed by atoms with van der Waals surface area (Å²) in [7, 11) is 0. The van der Waals surface area contributed by atoms with Gasteiger partial charge in [-0.15, -0.1) is 0 Å². The van der Waals surface area contributed by atoms with Gasteiger partial charge >= 0.3 is 5.97 Å². The van der Waals surface area contributed by atoms with Gasteiger partial charge in [-0.25, -0.2) is 4.79 Å². The van der Waals surface area contributed by atoms with Crippen molar-refractivity contribution in [2.75, 3.05) is 13.2 Å². The van der Waals surface area contributed by atoms with Crippen LogP contribution >= 0.6 is 0 Å². The highest BCUT2D eigenvalue weighted by atomic mass is 16.4. The van der Waals surface area contributed by atoms with Crippen LogP contribution in [0.2, 0.25) is 0 Å². The summed E-state index contributed by atoms with van der Waals surface area (Å²) in [4.78, 5) is 9.25. The van der Waals surface area contributed by atoms with Crippen molar-refractivity contribution in [3.8, 4) is 0 Å². The second-order valence-electron chi connectivity index (χ2n) is 3.07. The fraction of sp³-hybridized carbons (Fsp3) is 0.308. The van der Waals surface area contributed by atoms with Crippen molar-refractivity contribution in [3.63, 3.8) is 0 Å². The van der Waals surface area contributed by atoms with Gasteiger partial charge in [0.25, 0.3) is 0 Å². The molecule has 96 valence electrons. The minimum absolute atomic E-state index is 0.125. The van der Waals surface area contributed by atoms with Gasteiger partial charge in [-0.1, -0.05) is 30.8 Å². The van der Waals surface area contributed by atoms with Crippen LogP contribution in [0.4, 0.5) is 0 Å². The number of carbonyl (C=O) groups is 1. The number of aliphatic carboxylic acids is 1. The molecular formula is C13H20O4.